The SMILES string of the molecule is Cc1ccc2c(c1)S[C@H](C)C(=O)N2. The van der Waals surface area contributed by atoms with Crippen molar-refractivity contribution in [2.24, 2.45) is 0 Å². The van der Waals surface area contributed by atoms with Gasteiger partial charge in [-0.2, -0.15) is 0 Å². The van der Waals surface area contributed by atoms with Crippen molar-refractivity contribution in [2.75, 3.05) is 5.32 Å². The molecule has 1 amide bonds. The highest BCUT2D eigenvalue weighted by Gasteiger charge is 2.22. The second-order valence-corrected chi connectivity index (χ2v) is 4.63. The van der Waals surface area contributed by atoms with E-state index in [9.17, 15) is 4.79 Å². The first kappa shape index (κ1) is 8.63. The van der Waals surface area contributed by atoms with Crippen LogP contribution in [-0.4, -0.2) is 11.2 Å². The normalized spacial score (nSPS) is 20.8. The van der Waals surface area contributed by atoms with Gasteiger partial charge < -0.3 is 5.32 Å². The molecule has 0 radical (unpaired) electrons. The molecule has 0 aromatic heterocycles. The molecule has 1 heterocycles. The molecule has 0 spiro atoms. The standard InChI is InChI=1S/C10H11NOS/c1-6-3-4-8-9(5-6)13-7(2)10(12)11-8/h3-5,7H,1-2H3,(H,11,12)/t7-/m1/s1. The van der Waals surface area contributed by atoms with Gasteiger partial charge in [0.05, 0.1) is 10.9 Å². The number of nitrogens with one attached hydrogen (secondary N) is 1. The molecule has 2 rings (SSSR count). The highest BCUT2D eigenvalue weighted by atomic mass is 32.2. The quantitative estimate of drug-likeness (QED) is 0.685. The van der Waals surface area contributed by atoms with Gasteiger partial charge in [0.1, 0.15) is 0 Å². The van der Waals surface area contributed by atoms with Crippen LogP contribution >= 0.6 is 11.8 Å². The first-order valence-electron chi connectivity index (χ1n) is 4.25. The van der Waals surface area contributed by atoms with Gasteiger partial charge in [0.15, 0.2) is 0 Å². The molecular formula is C10H11NOS. The summed E-state index contributed by atoms with van der Waals surface area (Å²) in [5.41, 5.74) is 2.17. The summed E-state index contributed by atoms with van der Waals surface area (Å²) in [6.45, 7) is 3.98. The first-order chi connectivity index (χ1) is 6.16. The summed E-state index contributed by atoms with van der Waals surface area (Å²) in [5.74, 6) is 0.0985. The van der Waals surface area contributed by atoms with Gasteiger partial charge in [0.25, 0.3) is 0 Å². The summed E-state index contributed by atoms with van der Waals surface area (Å²) >= 11 is 1.62. The van der Waals surface area contributed by atoms with E-state index >= 15 is 0 Å². The number of benzene rings is 1. The van der Waals surface area contributed by atoms with Crippen LogP contribution in [0.2, 0.25) is 0 Å². The van der Waals surface area contributed by atoms with Gasteiger partial charge in [-0.3, -0.25) is 4.79 Å². The minimum absolute atomic E-state index is 0.0225. The van der Waals surface area contributed by atoms with Crippen LogP contribution in [0.3, 0.4) is 0 Å². The van der Waals surface area contributed by atoms with Crippen LogP contribution in [0.15, 0.2) is 23.1 Å². The molecule has 0 unspecified atom stereocenters. The van der Waals surface area contributed by atoms with Crippen molar-refractivity contribution in [2.45, 2.75) is 24.0 Å². The number of carbonyl (C=O) groups excluding carboxylic acids is 1. The van der Waals surface area contributed by atoms with Gasteiger partial charge in [-0.05, 0) is 31.5 Å². The summed E-state index contributed by atoms with van der Waals surface area (Å²) in [6, 6.07) is 6.08. The Morgan fingerprint density at radius 2 is 2.23 bits per heavy atom. The summed E-state index contributed by atoms with van der Waals surface area (Å²) in [7, 11) is 0. The molecule has 1 atom stereocenters. The fraction of sp³-hybridized carbons (Fsp3) is 0.300. The van der Waals surface area contributed by atoms with E-state index in [1.54, 1.807) is 11.8 Å². The van der Waals surface area contributed by atoms with Gasteiger partial charge in [-0.25, -0.2) is 0 Å². The Hall–Kier alpha value is -0.960. The number of thioether (sulfide) groups is 1. The highest BCUT2D eigenvalue weighted by Crippen LogP contribution is 2.35. The molecule has 0 bridgehead atoms. The topological polar surface area (TPSA) is 29.1 Å². The average molecular weight is 193 g/mol. The molecule has 1 aliphatic rings. The molecule has 1 aromatic rings. The summed E-state index contributed by atoms with van der Waals surface area (Å²) < 4.78 is 0. The Balaban J connectivity index is 2.42. The number of hydrogen-bond acceptors (Lipinski definition) is 2. The molecule has 0 saturated carbocycles. The zero-order valence-electron chi connectivity index (χ0n) is 7.63. The van der Waals surface area contributed by atoms with Gasteiger partial charge in [-0.1, -0.05) is 6.07 Å². The summed E-state index contributed by atoms with van der Waals surface area (Å²) in [6.07, 6.45) is 0. The smallest absolute Gasteiger partial charge is 0.237 e. The van der Waals surface area contributed by atoms with Crippen LogP contribution in [0.5, 0.6) is 0 Å². The third-order valence-corrected chi connectivity index (χ3v) is 3.23. The van der Waals surface area contributed by atoms with Gasteiger partial charge in [0, 0.05) is 4.90 Å². The number of carbonyl (C=O) groups is 1. The number of rotatable bonds is 0. The number of fused-ring (bicyclic) bond motifs is 1. The maximum Gasteiger partial charge on any atom is 0.237 e. The van der Waals surface area contributed by atoms with Crippen molar-refractivity contribution in [3.63, 3.8) is 0 Å². The maximum atomic E-state index is 11.3. The van der Waals surface area contributed by atoms with E-state index in [1.807, 2.05) is 19.1 Å². The molecule has 2 nitrogen and oxygen atoms in total. The van der Waals surface area contributed by atoms with E-state index in [-0.39, 0.29) is 11.2 Å². The lowest BCUT2D eigenvalue weighted by atomic mass is 10.2. The average Bonchev–Trinajstić information content (AvgIpc) is 2.08. The van der Waals surface area contributed by atoms with E-state index in [4.69, 9.17) is 0 Å². The van der Waals surface area contributed by atoms with E-state index in [1.165, 1.54) is 10.5 Å². The van der Waals surface area contributed by atoms with Crippen LogP contribution in [0.4, 0.5) is 5.69 Å². The molecule has 1 aromatic carbocycles. The third-order valence-electron chi connectivity index (χ3n) is 2.07. The zero-order valence-corrected chi connectivity index (χ0v) is 8.44. The number of aryl methyl sites for hydroxylation is 1. The molecule has 1 aliphatic heterocycles. The van der Waals surface area contributed by atoms with Crippen LogP contribution < -0.4 is 5.32 Å². The highest BCUT2D eigenvalue weighted by molar-refractivity contribution is 8.00. The monoisotopic (exact) mass is 193 g/mol. The fourth-order valence-electron chi connectivity index (χ4n) is 1.31. The second kappa shape index (κ2) is 3.07. The maximum absolute atomic E-state index is 11.3. The van der Waals surface area contributed by atoms with E-state index in [0.29, 0.717) is 0 Å². The Kier molecular flexibility index (Phi) is 2.04. The first-order valence-corrected chi connectivity index (χ1v) is 5.13. The van der Waals surface area contributed by atoms with Gasteiger partial charge in [-0.15, -0.1) is 11.8 Å². The summed E-state index contributed by atoms with van der Waals surface area (Å²) in [5, 5.41) is 2.90. The number of amides is 1. The number of hydrogen-bond donors (Lipinski definition) is 1. The van der Waals surface area contributed by atoms with Crippen molar-refractivity contribution >= 4 is 23.4 Å². The van der Waals surface area contributed by atoms with Crippen LogP contribution in [-0.2, 0) is 4.79 Å². The molecule has 3 heteroatoms. The Bertz CT molecular complexity index is 362. The van der Waals surface area contributed by atoms with E-state index in [0.717, 1.165) is 5.69 Å². The largest absolute Gasteiger partial charge is 0.324 e. The molecule has 0 aliphatic carbocycles. The minimum atomic E-state index is 0.0225. The molecule has 13 heavy (non-hydrogen) atoms. The lowest BCUT2D eigenvalue weighted by Gasteiger charge is -2.21. The number of anilines is 1. The van der Waals surface area contributed by atoms with Gasteiger partial charge in [0.2, 0.25) is 5.91 Å². The predicted octanol–water partition coefficient (Wildman–Crippen LogP) is 2.43. The lowest BCUT2D eigenvalue weighted by Crippen LogP contribution is -2.26. The van der Waals surface area contributed by atoms with Crippen LogP contribution in [0.1, 0.15) is 12.5 Å². The molecular weight excluding hydrogens is 182 g/mol. The Labute approximate surface area is 81.7 Å². The summed E-state index contributed by atoms with van der Waals surface area (Å²) in [4.78, 5) is 12.5. The van der Waals surface area contributed by atoms with Gasteiger partial charge >= 0.3 is 0 Å². The fourth-order valence-corrected chi connectivity index (χ4v) is 2.36. The zero-order chi connectivity index (χ0) is 9.42. The molecule has 68 valence electrons. The Morgan fingerprint density at radius 3 is 3.00 bits per heavy atom. The van der Waals surface area contributed by atoms with Crippen molar-refractivity contribution in [1.82, 2.24) is 0 Å². The van der Waals surface area contributed by atoms with Crippen molar-refractivity contribution in [3.05, 3.63) is 23.8 Å². The Morgan fingerprint density at radius 1 is 1.46 bits per heavy atom. The van der Waals surface area contributed by atoms with Crippen LogP contribution in [0.25, 0.3) is 0 Å². The predicted molar refractivity (Wildman–Crippen MR) is 55.1 cm³/mol. The van der Waals surface area contributed by atoms with Crippen molar-refractivity contribution < 1.29 is 4.79 Å². The second-order valence-electron chi connectivity index (χ2n) is 3.25. The third kappa shape index (κ3) is 1.56. The molecule has 1 N–H and O–H groups in total. The van der Waals surface area contributed by atoms with Crippen molar-refractivity contribution in [1.29, 1.82) is 0 Å². The lowest BCUT2D eigenvalue weighted by molar-refractivity contribution is -0.115. The van der Waals surface area contributed by atoms with E-state index in [2.05, 4.69) is 18.3 Å². The van der Waals surface area contributed by atoms with E-state index < -0.39 is 0 Å². The molecule has 0 fully saturated rings. The minimum Gasteiger partial charge on any atom is -0.324 e. The van der Waals surface area contributed by atoms with Crippen molar-refractivity contribution in [3.8, 4) is 0 Å². The molecule has 0 saturated heterocycles. The van der Waals surface area contributed by atoms with Crippen LogP contribution in [0, 0.1) is 6.92 Å².